The molecule has 1 saturated carbocycles. The number of nitrogens with one attached hydrogen (secondary N) is 1. The number of allylic oxidation sites excluding steroid dienone is 3. The molecule has 0 atom stereocenters. The number of hydrogen-bond acceptors (Lipinski definition) is 2. The predicted molar refractivity (Wildman–Crippen MR) is 108 cm³/mol. The van der Waals surface area contributed by atoms with Crippen LogP contribution < -0.4 is 5.73 Å². The Morgan fingerprint density at radius 2 is 2.04 bits per heavy atom. The van der Waals surface area contributed by atoms with Crippen LogP contribution in [0.3, 0.4) is 0 Å². The van der Waals surface area contributed by atoms with Crippen molar-refractivity contribution < 1.29 is 0 Å². The SMILES string of the molecule is C=C(/C=C\C(=C/C)C(N)(CC)CC)c1ccc2[nH]ncc2c1C1CC1. The summed E-state index contributed by atoms with van der Waals surface area (Å²) in [6.07, 6.45) is 12.7. The van der Waals surface area contributed by atoms with Crippen LogP contribution in [0.5, 0.6) is 0 Å². The summed E-state index contributed by atoms with van der Waals surface area (Å²) in [6, 6.07) is 4.27. The maximum Gasteiger partial charge on any atom is 0.0653 e. The number of rotatable bonds is 7. The van der Waals surface area contributed by atoms with Crippen LogP contribution in [0.25, 0.3) is 16.5 Å². The summed E-state index contributed by atoms with van der Waals surface area (Å²) in [5.74, 6) is 0.641. The molecule has 1 aliphatic rings. The lowest BCUT2D eigenvalue weighted by Crippen LogP contribution is -2.39. The number of fused-ring (bicyclic) bond motifs is 1. The summed E-state index contributed by atoms with van der Waals surface area (Å²) in [5.41, 5.74) is 12.3. The molecule has 0 bridgehead atoms. The van der Waals surface area contributed by atoms with Crippen molar-refractivity contribution in [2.45, 2.75) is 57.9 Å². The Bertz CT molecular complexity index is 830. The zero-order chi connectivity index (χ0) is 18.0. The van der Waals surface area contributed by atoms with Crippen LogP contribution in [0.15, 0.2) is 48.7 Å². The number of benzene rings is 1. The van der Waals surface area contributed by atoms with Crippen molar-refractivity contribution >= 4 is 16.5 Å². The highest BCUT2D eigenvalue weighted by Gasteiger charge is 2.29. The van der Waals surface area contributed by atoms with E-state index in [0.29, 0.717) is 5.92 Å². The fraction of sp³-hybridized carbons (Fsp3) is 0.409. The Labute approximate surface area is 150 Å². The van der Waals surface area contributed by atoms with Gasteiger partial charge in [0.05, 0.1) is 11.7 Å². The minimum absolute atomic E-state index is 0.265. The molecule has 0 unspecified atom stereocenters. The highest BCUT2D eigenvalue weighted by molar-refractivity contribution is 5.90. The largest absolute Gasteiger partial charge is 0.321 e. The van der Waals surface area contributed by atoms with Crippen LogP contribution >= 0.6 is 0 Å². The van der Waals surface area contributed by atoms with E-state index in [1.54, 1.807) is 0 Å². The Kier molecular flexibility index (Phi) is 4.96. The Balaban J connectivity index is 1.94. The maximum atomic E-state index is 6.56. The highest BCUT2D eigenvalue weighted by atomic mass is 15.1. The van der Waals surface area contributed by atoms with Crippen LogP contribution in [0.2, 0.25) is 0 Å². The van der Waals surface area contributed by atoms with Gasteiger partial charge in [0.1, 0.15) is 0 Å². The third-order valence-electron chi connectivity index (χ3n) is 5.61. The summed E-state index contributed by atoms with van der Waals surface area (Å²) in [7, 11) is 0. The Hall–Kier alpha value is -2.13. The Morgan fingerprint density at radius 3 is 2.64 bits per heavy atom. The quantitative estimate of drug-likeness (QED) is 0.659. The third kappa shape index (κ3) is 3.34. The number of aromatic nitrogens is 2. The van der Waals surface area contributed by atoms with E-state index in [-0.39, 0.29) is 5.54 Å². The Morgan fingerprint density at radius 1 is 1.32 bits per heavy atom. The molecule has 1 fully saturated rings. The van der Waals surface area contributed by atoms with Crippen molar-refractivity contribution in [2.24, 2.45) is 5.73 Å². The summed E-state index contributed by atoms with van der Waals surface area (Å²) >= 11 is 0. The van der Waals surface area contributed by atoms with Crippen molar-refractivity contribution in [3.05, 3.63) is 59.8 Å². The first kappa shape index (κ1) is 17.7. The van der Waals surface area contributed by atoms with Crippen LogP contribution in [-0.2, 0) is 0 Å². The normalized spacial score (nSPS) is 16.1. The average Bonchev–Trinajstić information content (AvgIpc) is 3.36. The minimum Gasteiger partial charge on any atom is -0.321 e. The first-order valence-electron chi connectivity index (χ1n) is 9.33. The summed E-state index contributed by atoms with van der Waals surface area (Å²) < 4.78 is 0. The van der Waals surface area contributed by atoms with E-state index < -0.39 is 0 Å². The molecular formula is C22H29N3. The van der Waals surface area contributed by atoms with E-state index in [9.17, 15) is 0 Å². The molecule has 1 aromatic heterocycles. The van der Waals surface area contributed by atoms with Crippen LogP contribution in [0.1, 0.15) is 63.5 Å². The summed E-state index contributed by atoms with van der Waals surface area (Å²) in [5, 5.41) is 8.53. The van der Waals surface area contributed by atoms with Crippen molar-refractivity contribution in [3.63, 3.8) is 0 Å². The number of H-pyrrole nitrogens is 1. The fourth-order valence-electron chi connectivity index (χ4n) is 3.62. The van der Waals surface area contributed by atoms with Gasteiger partial charge in [0.15, 0.2) is 0 Å². The highest BCUT2D eigenvalue weighted by Crippen LogP contribution is 2.46. The molecule has 2 aromatic rings. The van der Waals surface area contributed by atoms with Gasteiger partial charge in [-0.15, -0.1) is 0 Å². The van der Waals surface area contributed by atoms with Gasteiger partial charge >= 0.3 is 0 Å². The van der Waals surface area contributed by atoms with E-state index >= 15 is 0 Å². The molecule has 1 aliphatic carbocycles. The van der Waals surface area contributed by atoms with E-state index in [1.165, 1.54) is 34.9 Å². The molecule has 0 saturated heterocycles. The number of nitrogens with two attached hydrogens (primary N) is 1. The molecule has 3 nitrogen and oxygen atoms in total. The molecule has 25 heavy (non-hydrogen) atoms. The average molecular weight is 335 g/mol. The van der Waals surface area contributed by atoms with Gasteiger partial charge in [0, 0.05) is 10.9 Å². The van der Waals surface area contributed by atoms with Crippen molar-refractivity contribution in [2.75, 3.05) is 0 Å². The number of nitrogens with zero attached hydrogens (tertiary/aromatic N) is 1. The second kappa shape index (κ2) is 7.01. The molecule has 3 rings (SSSR count). The molecule has 132 valence electrons. The molecule has 1 heterocycles. The minimum atomic E-state index is -0.265. The summed E-state index contributed by atoms with van der Waals surface area (Å²) in [4.78, 5) is 0. The van der Waals surface area contributed by atoms with Gasteiger partial charge in [-0.05, 0) is 66.9 Å². The van der Waals surface area contributed by atoms with Gasteiger partial charge in [-0.3, -0.25) is 5.10 Å². The second-order valence-corrected chi connectivity index (χ2v) is 7.10. The zero-order valence-corrected chi connectivity index (χ0v) is 15.6. The molecule has 0 amide bonds. The molecule has 1 aromatic carbocycles. The lowest BCUT2D eigenvalue weighted by Gasteiger charge is -2.28. The van der Waals surface area contributed by atoms with E-state index in [1.807, 2.05) is 6.20 Å². The maximum absolute atomic E-state index is 6.56. The van der Waals surface area contributed by atoms with Crippen molar-refractivity contribution in [1.29, 1.82) is 0 Å². The van der Waals surface area contributed by atoms with Crippen LogP contribution in [-0.4, -0.2) is 15.7 Å². The van der Waals surface area contributed by atoms with Gasteiger partial charge in [0.25, 0.3) is 0 Å². The van der Waals surface area contributed by atoms with Crippen molar-refractivity contribution in [3.8, 4) is 0 Å². The van der Waals surface area contributed by atoms with Crippen LogP contribution in [0, 0.1) is 0 Å². The number of hydrogen-bond donors (Lipinski definition) is 2. The molecule has 3 N–H and O–H groups in total. The van der Waals surface area contributed by atoms with E-state index in [2.05, 4.69) is 67.9 Å². The predicted octanol–water partition coefficient (Wildman–Crippen LogP) is 5.47. The summed E-state index contributed by atoms with van der Waals surface area (Å²) in [6.45, 7) is 10.7. The smallest absolute Gasteiger partial charge is 0.0653 e. The van der Waals surface area contributed by atoms with Gasteiger partial charge in [0.2, 0.25) is 0 Å². The molecule has 0 aliphatic heterocycles. The second-order valence-electron chi connectivity index (χ2n) is 7.10. The van der Waals surface area contributed by atoms with Gasteiger partial charge in [-0.1, -0.05) is 44.7 Å². The van der Waals surface area contributed by atoms with Gasteiger partial charge in [-0.2, -0.15) is 5.10 Å². The van der Waals surface area contributed by atoms with Crippen molar-refractivity contribution in [1.82, 2.24) is 10.2 Å². The third-order valence-corrected chi connectivity index (χ3v) is 5.61. The lowest BCUT2D eigenvalue weighted by atomic mass is 9.84. The van der Waals surface area contributed by atoms with E-state index in [4.69, 9.17) is 5.73 Å². The first-order valence-corrected chi connectivity index (χ1v) is 9.33. The van der Waals surface area contributed by atoms with Crippen LogP contribution in [0.4, 0.5) is 0 Å². The molecule has 0 radical (unpaired) electrons. The zero-order valence-electron chi connectivity index (χ0n) is 15.6. The van der Waals surface area contributed by atoms with E-state index in [0.717, 1.165) is 23.9 Å². The topological polar surface area (TPSA) is 54.7 Å². The molecular weight excluding hydrogens is 306 g/mol. The molecule has 3 heteroatoms. The fourth-order valence-corrected chi connectivity index (χ4v) is 3.62. The number of aromatic amines is 1. The van der Waals surface area contributed by atoms with Gasteiger partial charge < -0.3 is 5.73 Å². The standard InChI is InChI=1S/C22H29N3/c1-5-17(22(23,6-2)7-3)11-8-15(4)18-12-13-20-19(14-24-25-20)21(18)16-9-10-16/h5,8,11-14,16H,4,6-7,9-10,23H2,1-3H3,(H,24,25)/b11-8-,17-5+. The van der Waals surface area contributed by atoms with Gasteiger partial charge in [-0.25, -0.2) is 0 Å². The monoisotopic (exact) mass is 335 g/mol. The first-order chi connectivity index (χ1) is 12.0. The molecule has 0 spiro atoms. The lowest BCUT2D eigenvalue weighted by molar-refractivity contribution is 0.473.